The maximum Gasteiger partial charge on any atom is 0.309 e. The fourth-order valence-corrected chi connectivity index (χ4v) is 4.04. The second kappa shape index (κ2) is 8.55. The third-order valence-corrected chi connectivity index (χ3v) is 5.45. The number of carboxylic acids is 1. The topological polar surface area (TPSA) is 119 Å². The number of nitrogens with zero attached hydrogens (tertiary/aromatic N) is 2. The molecule has 1 unspecified atom stereocenters. The van der Waals surface area contributed by atoms with Gasteiger partial charge in [0.15, 0.2) is 0 Å². The average molecular weight is 392 g/mol. The minimum Gasteiger partial charge on any atom is -0.494 e. The van der Waals surface area contributed by atoms with Crippen LogP contribution in [0.25, 0.3) is 0 Å². The highest BCUT2D eigenvalue weighted by Gasteiger charge is 2.41. The zero-order valence-corrected chi connectivity index (χ0v) is 15.7. The molecule has 2 saturated heterocycles. The van der Waals surface area contributed by atoms with Crippen LogP contribution in [0, 0.1) is 22.0 Å². The van der Waals surface area contributed by atoms with Crippen LogP contribution in [-0.2, 0) is 9.53 Å². The number of hydrogen-bond donors (Lipinski definition) is 1. The molecule has 3 rings (SSSR count). The van der Waals surface area contributed by atoms with Crippen molar-refractivity contribution < 1.29 is 29.1 Å². The Balaban J connectivity index is 1.71. The van der Waals surface area contributed by atoms with Gasteiger partial charge in [-0.3, -0.25) is 19.7 Å². The van der Waals surface area contributed by atoms with Gasteiger partial charge in [-0.05, 0) is 44.2 Å². The summed E-state index contributed by atoms with van der Waals surface area (Å²) in [6, 6.07) is 4.18. The minimum absolute atomic E-state index is 0.00919. The van der Waals surface area contributed by atoms with E-state index in [2.05, 4.69) is 0 Å². The lowest BCUT2D eigenvalue weighted by Gasteiger charge is -2.35. The summed E-state index contributed by atoms with van der Waals surface area (Å²) in [5, 5.41) is 20.7. The summed E-state index contributed by atoms with van der Waals surface area (Å²) in [5.41, 5.74) is -0.240. The molecule has 2 aliphatic rings. The van der Waals surface area contributed by atoms with E-state index in [1.165, 1.54) is 18.2 Å². The molecule has 2 heterocycles. The molecule has 2 aliphatic heterocycles. The Morgan fingerprint density at radius 1 is 1.32 bits per heavy atom. The Morgan fingerprint density at radius 3 is 2.64 bits per heavy atom. The van der Waals surface area contributed by atoms with Crippen LogP contribution in [0.15, 0.2) is 18.2 Å². The van der Waals surface area contributed by atoms with Crippen LogP contribution in [0.5, 0.6) is 5.75 Å². The van der Waals surface area contributed by atoms with Gasteiger partial charge >= 0.3 is 5.97 Å². The van der Waals surface area contributed by atoms with Gasteiger partial charge < -0.3 is 19.5 Å². The van der Waals surface area contributed by atoms with Gasteiger partial charge in [-0.1, -0.05) is 0 Å². The Hall–Kier alpha value is -2.68. The molecule has 0 spiro atoms. The molecule has 1 N–H and O–H groups in total. The summed E-state index contributed by atoms with van der Waals surface area (Å²) in [5.74, 6) is -1.28. The van der Waals surface area contributed by atoms with Gasteiger partial charge in [0.25, 0.3) is 11.6 Å². The van der Waals surface area contributed by atoms with E-state index < -0.39 is 22.7 Å². The number of hydrogen-bond acceptors (Lipinski definition) is 6. The number of carboxylic acid groups (broad SMARTS) is 1. The summed E-state index contributed by atoms with van der Waals surface area (Å²) >= 11 is 0. The molecule has 0 saturated carbocycles. The number of ether oxygens (including phenoxy) is 2. The maximum absolute atomic E-state index is 12.9. The first kappa shape index (κ1) is 20.1. The van der Waals surface area contributed by atoms with Gasteiger partial charge in [-0.25, -0.2) is 0 Å². The largest absolute Gasteiger partial charge is 0.494 e. The third kappa shape index (κ3) is 4.09. The number of nitro groups is 1. The molecule has 0 aromatic heterocycles. The molecule has 1 aromatic carbocycles. The number of amides is 1. The lowest BCUT2D eigenvalue weighted by Crippen LogP contribution is -2.43. The van der Waals surface area contributed by atoms with Gasteiger partial charge in [0.1, 0.15) is 11.3 Å². The number of carbonyl (C=O) groups is 2. The maximum atomic E-state index is 12.9. The fraction of sp³-hybridized carbons (Fsp3) is 0.579. The van der Waals surface area contributed by atoms with Gasteiger partial charge in [0.2, 0.25) is 0 Å². The van der Waals surface area contributed by atoms with E-state index in [1.807, 2.05) is 0 Å². The van der Waals surface area contributed by atoms with Crippen LogP contribution in [0.4, 0.5) is 5.69 Å². The lowest BCUT2D eigenvalue weighted by atomic mass is 9.84. The zero-order valence-electron chi connectivity index (χ0n) is 15.7. The molecule has 9 nitrogen and oxygen atoms in total. The van der Waals surface area contributed by atoms with E-state index in [0.29, 0.717) is 51.3 Å². The quantitative estimate of drug-likeness (QED) is 0.583. The molecule has 152 valence electrons. The highest BCUT2D eigenvalue weighted by Crippen LogP contribution is 2.34. The summed E-state index contributed by atoms with van der Waals surface area (Å²) in [4.78, 5) is 36.6. The van der Waals surface area contributed by atoms with Gasteiger partial charge in [0.05, 0.1) is 23.6 Å². The SMILES string of the molecule is CCOc1ccc([N+](=O)[O-])c(C(=O)N2CCC([C@@H]3OCCC3C(=O)O)CC2)c1. The molecular formula is C19H24N2O7. The molecule has 2 atom stereocenters. The Labute approximate surface area is 162 Å². The van der Waals surface area contributed by atoms with E-state index in [0.717, 1.165) is 0 Å². The second-order valence-corrected chi connectivity index (χ2v) is 7.07. The Kier molecular flexibility index (Phi) is 6.13. The number of carbonyl (C=O) groups excluding carboxylic acids is 1. The first-order valence-corrected chi connectivity index (χ1v) is 9.47. The first-order valence-electron chi connectivity index (χ1n) is 9.47. The standard InChI is InChI=1S/C19H24N2O7/c1-2-27-13-3-4-16(21(25)26)15(11-13)18(22)20-8-5-12(6-9-20)17-14(19(23)24)7-10-28-17/h3-4,11-12,14,17H,2,5-10H2,1H3,(H,23,24)/t14?,17-/m0/s1. The summed E-state index contributed by atoms with van der Waals surface area (Å²) in [6.07, 6.45) is 1.40. The smallest absolute Gasteiger partial charge is 0.309 e. The number of likely N-dealkylation sites (tertiary alicyclic amines) is 1. The Bertz CT molecular complexity index is 759. The summed E-state index contributed by atoms with van der Waals surface area (Å²) < 4.78 is 11.0. The van der Waals surface area contributed by atoms with Crippen molar-refractivity contribution in [2.24, 2.45) is 11.8 Å². The van der Waals surface area contributed by atoms with Crippen molar-refractivity contribution >= 4 is 17.6 Å². The van der Waals surface area contributed by atoms with Crippen LogP contribution in [0.1, 0.15) is 36.5 Å². The third-order valence-electron chi connectivity index (χ3n) is 5.45. The van der Waals surface area contributed by atoms with Gasteiger partial charge in [-0.15, -0.1) is 0 Å². The fourth-order valence-electron chi connectivity index (χ4n) is 4.04. The normalized spacial score (nSPS) is 22.8. The number of piperidine rings is 1. The number of rotatable bonds is 6. The van der Waals surface area contributed by atoms with Gasteiger partial charge in [0, 0.05) is 25.8 Å². The number of aliphatic carboxylic acids is 1. The zero-order chi connectivity index (χ0) is 20.3. The predicted molar refractivity (Wildman–Crippen MR) is 98.4 cm³/mol. The van der Waals surface area contributed by atoms with Crippen LogP contribution in [-0.4, -0.2) is 59.2 Å². The Morgan fingerprint density at radius 2 is 2.04 bits per heavy atom. The van der Waals surface area contributed by atoms with E-state index >= 15 is 0 Å². The average Bonchev–Trinajstić information content (AvgIpc) is 3.18. The predicted octanol–water partition coefficient (Wildman–Crippen LogP) is 2.34. The lowest BCUT2D eigenvalue weighted by molar-refractivity contribution is -0.385. The van der Waals surface area contributed by atoms with E-state index in [9.17, 15) is 24.8 Å². The monoisotopic (exact) mass is 392 g/mol. The number of benzene rings is 1. The van der Waals surface area contributed by atoms with Crippen molar-refractivity contribution in [1.29, 1.82) is 0 Å². The van der Waals surface area contributed by atoms with Crippen LogP contribution < -0.4 is 4.74 Å². The van der Waals surface area contributed by atoms with Crippen molar-refractivity contribution in [3.8, 4) is 5.75 Å². The van der Waals surface area contributed by atoms with Crippen LogP contribution in [0.2, 0.25) is 0 Å². The molecule has 2 fully saturated rings. The van der Waals surface area contributed by atoms with E-state index in [1.54, 1.807) is 11.8 Å². The molecule has 1 amide bonds. The van der Waals surface area contributed by atoms with Crippen molar-refractivity contribution in [2.45, 2.75) is 32.3 Å². The van der Waals surface area contributed by atoms with Crippen molar-refractivity contribution in [1.82, 2.24) is 4.90 Å². The summed E-state index contributed by atoms with van der Waals surface area (Å²) in [6.45, 7) is 3.45. The van der Waals surface area contributed by atoms with Gasteiger partial charge in [-0.2, -0.15) is 0 Å². The molecule has 0 aliphatic carbocycles. The molecule has 9 heteroatoms. The highest BCUT2D eigenvalue weighted by atomic mass is 16.6. The summed E-state index contributed by atoms with van der Waals surface area (Å²) in [7, 11) is 0. The second-order valence-electron chi connectivity index (χ2n) is 7.07. The molecule has 28 heavy (non-hydrogen) atoms. The highest BCUT2D eigenvalue weighted by molar-refractivity contribution is 5.98. The van der Waals surface area contributed by atoms with Crippen LogP contribution >= 0.6 is 0 Å². The van der Waals surface area contributed by atoms with Crippen molar-refractivity contribution in [2.75, 3.05) is 26.3 Å². The molecule has 0 radical (unpaired) electrons. The molecular weight excluding hydrogens is 368 g/mol. The van der Waals surface area contributed by atoms with Crippen molar-refractivity contribution in [3.63, 3.8) is 0 Å². The van der Waals surface area contributed by atoms with E-state index in [4.69, 9.17) is 9.47 Å². The van der Waals surface area contributed by atoms with Crippen LogP contribution in [0.3, 0.4) is 0 Å². The van der Waals surface area contributed by atoms with E-state index in [-0.39, 0.29) is 23.3 Å². The first-order chi connectivity index (χ1) is 13.4. The van der Waals surface area contributed by atoms with Crippen molar-refractivity contribution in [3.05, 3.63) is 33.9 Å². The number of nitro benzene ring substituents is 1. The molecule has 0 bridgehead atoms. The minimum atomic E-state index is -0.843. The molecule has 1 aromatic rings.